The molecule has 0 saturated carbocycles. The maximum atomic E-state index is 5.02. The minimum atomic E-state index is 0.672. The molecule has 1 rings (SSSR count). The van der Waals surface area contributed by atoms with Gasteiger partial charge in [-0.15, -0.1) is 0 Å². The van der Waals surface area contributed by atoms with E-state index < -0.39 is 0 Å². The van der Waals surface area contributed by atoms with Gasteiger partial charge >= 0.3 is 0 Å². The van der Waals surface area contributed by atoms with Crippen LogP contribution in [0, 0.1) is 0 Å². The molecule has 0 bridgehead atoms. The van der Waals surface area contributed by atoms with Crippen molar-refractivity contribution in [2.45, 2.75) is 25.8 Å². The van der Waals surface area contributed by atoms with E-state index in [9.17, 15) is 0 Å². The highest BCUT2D eigenvalue weighted by Gasteiger charge is 1.95. The first-order valence-corrected chi connectivity index (χ1v) is 7.44. The summed E-state index contributed by atoms with van der Waals surface area (Å²) in [6.07, 6.45) is 7.92. The fraction of sp³-hybridized carbons (Fsp3) is 0.615. The number of rotatable bonds is 9. The number of aromatic nitrogens is 1. The van der Waals surface area contributed by atoms with Gasteiger partial charge in [-0.2, -0.15) is 11.8 Å². The van der Waals surface area contributed by atoms with Gasteiger partial charge in [0.1, 0.15) is 0 Å². The molecule has 0 radical (unpaired) electrons. The van der Waals surface area contributed by atoms with E-state index in [0.717, 1.165) is 13.1 Å². The Morgan fingerprint density at radius 1 is 1.29 bits per heavy atom. The van der Waals surface area contributed by atoms with Gasteiger partial charge in [0, 0.05) is 18.8 Å². The second-order valence-corrected chi connectivity index (χ2v) is 4.92. The van der Waals surface area contributed by atoms with E-state index in [0.29, 0.717) is 5.88 Å². The Morgan fingerprint density at radius 3 is 2.82 bits per heavy atom. The fourth-order valence-electron chi connectivity index (χ4n) is 1.54. The molecule has 0 fully saturated rings. The number of methoxy groups -OCH3 is 1. The SMILES string of the molecule is COc1ccc(CNCCCCCSC)cn1. The van der Waals surface area contributed by atoms with Crippen LogP contribution in [0.2, 0.25) is 0 Å². The summed E-state index contributed by atoms with van der Waals surface area (Å²) in [5.41, 5.74) is 1.20. The van der Waals surface area contributed by atoms with Crippen LogP contribution in [-0.2, 0) is 6.54 Å². The van der Waals surface area contributed by atoms with Gasteiger partial charge < -0.3 is 10.1 Å². The summed E-state index contributed by atoms with van der Waals surface area (Å²) in [4.78, 5) is 4.17. The largest absolute Gasteiger partial charge is 0.481 e. The molecular weight excluding hydrogens is 232 g/mol. The van der Waals surface area contributed by atoms with Crippen molar-refractivity contribution in [1.29, 1.82) is 0 Å². The zero-order valence-electron chi connectivity index (χ0n) is 10.7. The van der Waals surface area contributed by atoms with Crippen LogP contribution in [0.25, 0.3) is 0 Å². The molecule has 0 unspecified atom stereocenters. The molecule has 0 aromatic carbocycles. The van der Waals surface area contributed by atoms with E-state index >= 15 is 0 Å². The summed E-state index contributed by atoms with van der Waals surface area (Å²) >= 11 is 1.93. The van der Waals surface area contributed by atoms with Gasteiger partial charge in [-0.05, 0) is 37.0 Å². The van der Waals surface area contributed by atoms with Crippen LogP contribution in [0.15, 0.2) is 18.3 Å². The molecule has 3 nitrogen and oxygen atoms in total. The number of nitrogens with zero attached hydrogens (tertiary/aromatic N) is 1. The molecule has 0 saturated heterocycles. The summed E-state index contributed by atoms with van der Waals surface area (Å²) in [7, 11) is 1.63. The fourth-order valence-corrected chi connectivity index (χ4v) is 2.03. The molecule has 96 valence electrons. The normalized spacial score (nSPS) is 10.5. The third kappa shape index (κ3) is 6.54. The first-order valence-electron chi connectivity index (χ1n) is 6.05. The molecular formula is C13H22N2OS. The molecule has 17 heavy (non-hydrogen) atoms. The van der Waals surface area contributed by atoms with Crippen molar-refractivity contribution >= 4 is 11.8 Å². The monoisotopic (exact) mass is 254 g/mol. The maximum Gasteiger partial charge on any atom is 0.212 e. The van der Waals surface area contributed by atoms with Gasteiger partial charge in [-0.1, -0.05) is 12.5 Å². The molecule has 0 aliphatic rings. The van der Waals surface area contributed by atoms with Crippen LogP contribution in [-0.4, -0.2) is 30.6 Å². The van der Waals surface area contributed by atoms with E-state index in [4.69, 9.17) is 4.74 Å². The van der Waals surface area contributed by atoms with E-state index in [1.165, 1.54) is 30.6 Å². The lowest BCUT2D eigenvalue weighted by Crippen LogP contribution is -2.14. The summed E-state index contributed by atoms with van der Waals surface area (Å²) in [5, 5.41) is 3.43. The highest BCUT2D eigenvalue weighted by atomic mass is 32.2. The third-order valence-corrected chi connectivity index (χ3v) is 3.23. The van der Waals surface area contributed by atoms with Gasteiger partial charge in [-0.25, -0.2) is 4.98 Å². The molecule has 1 aromatic rings. The molecule has 0 spiro atoms. The van der Waals surface area contributed by atoms with Gasteiger partial charge in [0.05, 0.1) is 7.11 Å². The van der Waals surface area contributed by atoms with Crippen LogP contribution >= 0.6 is 11.8 Å². The average Bonchev–Trinajstić information content (AvgIpc) is 2.38. The zero-order chi connectivity index (χ0) is 12.3. The zero-order valence-corrected chi connectivity index (χ0v) is 11.6. The quantitative estimate of drug-likeness (QED) is 0.687. The molecule has 1 aromatic heterocycles. The molecule has 1 N–H and O–H groups in total. The van der Waals surface area contributed by atoms with E-state index in [2.05, 4.69) is 16.6 Å². The number of hydrogen-bond donors (Lipinski definition) is 1. The Labute approximate surface area is 108 Å². The standard InChI is InChI=1S/C13H22N2OS/c1-16-13-7-6-12(11-15-13)10-14-8-4-3-5-9-17-2/h6-7,11,14H,3-5,8-10H2,1-2H3. The second kappa shape index (κ2) is 9.31. The van der Waals surface area contributed by atoms with Crippen LogP contribution in [0.1, 0.15) is 24.8 Å². The summed E-state index contributed by atoms with van der Waals surface area (Å²) < 4.78 is 5.02. The lowest BCUT2D eigenvalue weighted by molar-refractivity contribution is 0.397. The highest BCUT2D eigenvalue weighted by Crippen LogP contribution is 2.06. The Balaban J connectivity index is 2.05. The number of hydrogen-bond acceptors (Lipinski definition) is 4. The van der Waals surface area contributed by atoms with Crippen molar-refractivity contribution in [1.82, 2.24) is 10.3 Å². The predicted molar refractivity (Wildman–Crippen MR) is 74.7 cm³/mol. The molecule has 0 aliphatic carbocycles. The van der Waals surface area contributed by atoms with Gasteiger partial charge in [0.2, 0.25) is 5.88 Å². The lowest BCUT2D eigenvalue weighted by Gasteiger charge is -2.05. The van der Waals surface area contributed by atoms with Crippen molar-refractivity contribution < 1.29 is 4.74 Å². The van der Waals surface area contributed by atoms with Crippen LogP contribution in [0.4, 0.5) is 0 Å². The summed E-state index contributed by atoms with van der Waals surface area (Å²) in [5.74, 6) is 1.95. The Hall–Kier alpha value is -0.740. The summed E-state index contributed by atoms with van der Waals surface area (Å²) in [6.45, 7) is 1.97. The molecule has 0 aliphatic heterocycles. The second-order valence-electron chi connectivity index (χ2n) is 3.94. The highest BCUT2D eigenvalue weighted by molar-refractivity contribution is 7.98. The number of thioether (sulfide) groups is 1. The van der Waals surface area contributed by atoms with Crippen LogP contribution in [0.5, 0.6) is 5.88 Å². The van der Waals surface area contributed by atoms with E-state index in [1.54, 1.807) is 7.11 Å². The van der Waals surface area contributed by atoms with Gasteiger partial charge in [0.15, 0.2) is 0 Å². The van der Waals surface area contributed by atoms with Crippen molar-refractivity contribution in [2.75, 3.05) is 25.7 Å². The first kappa shape index (κ1) is 14.3. The Bertz CT molecular complexity index is 290. The minimum Gasteiger partial charge on any atom is -0.481 e. The Morgan fingerprint density at radius 2 is 2.18 bits per heavy atom. The number of unbranched alkanes of at least 4 members (excludes halogenated alkanes) is 2. The number of ether oxygens (including phenoxy) is 1. The maximum absolute atomic E-state index is 5.02. The smallest absolute Gasteiger partial charge is 0.212 e. The van der Waals surface area contributed by atoms with Gasteiger partial charge in [-0.3, -0.25) is 0 Å². The molecule has 0 amide bonds. The van der Waals surface area contributed by atoms with E-state index in [-0.39, 0.29) is 0 Å². The van der Waals surface area contributed by atoms with E-state index in [1.807, 2.05) is 30.1 Å². The van der Waals surface area contributed by atoms with Gasteiger partial charge in [0.25, 0.3) is 0 Å². The summed E-state index contributed by atoms with van der Waals surface area (Å²) in [6, 6.07) is 3.95. The molecule has 0 atom stereocenters. The minimum absolute atomic E-state index is 0.672. The number of pyridine rings is 1. The van der Waals surface area contributed by atoms with Crippen LogP contribution < -0.4 is 10.1 Å². The predicted octanol–water partition coefficient (Wildman–Crippen LogP) is 2.71. The van der Waals surface area contributed by atoms with Crippen molar-refractivity contribution in [3.63, 3.8) is 0 Å². The Kier molecular flexibility index (Phi) is 7.84. The molecule has 1 heterocycles. The average molecular weight is 254 g/mol. The lowest BCUT2D eigenvalue weighted by atomic mass is 10.2. The third-order valence-electron chi connectivity index (χ3n) is 2.54. The molecule has 4 heteroatoms. The van der Waals surface area contributed by atoms with Crippen molar-refractivity contribution in [3.05, 3.63) is 23.9 Å². The van der Waals surface area contributed by atoms with Crippen molar-refractivity contribution in [2.24, 2.45) is 0 Å². The van der Waals surface area contributed by atoms with Crippen molar-refractivity contribution in [3.8, 4) is 5.88 Å². The number of nitrogens with one attached hydrogen (secondary N) is 1. The first-order chi connectivity index (χ1) is 8.36. The topological polar surface area (TPSA) is 34.1 Å². The van der Waals surface area contributed by atoms with Crippen LogP contribution in [0.3, 0.4) is 0 Å².